The molecular formula is C20H20N2O6S. The maximum atomic E-state index is 12.7. The van der Waals surface area contributed by atoms with E-state index in [1.54, 1.807) is 12.1 Å². The van der Waals surface area contributed by atoms with E-state index in [0.717, 1.165) is 48.5 Å². The lowest BCUT2D eigenvalue weighted by Gasteiger charge is -2.25. The zero-order valence-electron chi connectivity index (χ0n) is 15.9. The summed E-state index contributed by atoms with van der Waals surface area (Å²) in [5.74, 6) is 0.605. The van der Waals surface area contributed by atoms with Crippen molar-refractivity contribution in [3.8, 4) is 0 Å². The van der Waals surface area contributed by atoms with Gasteiger partial charge in [0, 0.05) is 25.2 Å². The van der Waals surface area contributed by atoms with Crippen LogP contribution in [0.15, 0.2) is 38.0 Å². The molecule has 0 radical (unpaired) electrons. The molecule has 0 bridgehead atoms. The number of hydrogen-bond donors (Lipinski definition) is 0. The summed E-state index contributed by atoms with van der Waals surface area (Å²) in [5.41, 5.74) is 0. The number of carbonyl (C=O) groups excluding carboxylic acids is 3. The minimum atomic E-state index is -0.618. The Balaban J connectivity index is 1.45. The average Bonchev–Trinajstić information content (AvgIpc) is 3.45. The first-order chi connectivity index (χ1) is 14.0. The van der Waals surface area contributed by atoms with E-state index in [0.29, 0.717) is 11.5 Å². The predicted molar refractivity (Wildman–Crippen MR) is 106 cm³/mol. The van der Waals surface area contributed by atoms with Crippen LogP contribution in [0.5, 0.6) is 0 Å². The summed E-state index contributed by atoms with van der Waals surface area (Å²) in [5, 5.41) is -0.403. The van der Waals surface area contributed by atoms with E-state index in [1.807, 2.05) is 6.07 Å². The second-order valence-electron chi connectivity index (χ2n) is 6.75. The van der Waals surface area contributed by atoms with E-state index in [1.165, 1.54) is 25.7 Å². The van der Waals surface area contributed by atoms with Gasteiger partial charge in [0.2, 0.25) is 5.76 Å². The first kappa shape index (κ1) is 19.4. The number of rotatable bonds is 5. The molecule has 8 nitrogen and oxygen atoms in total. The van der Waals surface area contributed by atoms with E-state index >= 15 is 0 Å². The average molecular weight is 416 g/mol. The van der Waals surface area contributed by atoms with Gasteiger partial charge in [0.1, 0.15) is 11.5 Å². The van der Waals surface area contributed by atoms with E-state index in [-0.39, 0.29) is 17.2 Å². The van der Waals surface area contributed by atoms with E-state index in [2.05, 4.69) is 9.64 Å². The third-order valence-electron chi connectivity index (χ3n) is 4.79. The Morgan fingerprint density at radius 2 is 1.93 bits per heavy atom. The van der Waals surface area contributed by atoms with Crippen LogP contribution in [0.25, 0.3) is 6.08 Å². The standard InChI is InChI=1S/C20H20N2O6S/c1-26-19(24)15-7-5-14(27-15)12-22-18(23)16(29-20(22)25)11-13-6-8-17(28-13)21-9-3-2-4-10-21/h5-8,11H,2-4,9-10,12H2,1H3. The Kier molecular flexibility index (Phi) is 5.48. The molecule has 0 unspecified atom stereocenters. The quantitative estimate of drug-likeness (QED) is 0.535. The zero-order chi connectivity index (χ0) is 20.4. The molecule has 2 fully saturated rings. The molecule has 29 heavy (non-hydrogen) atoms. The fourth-order valence-electron chi connectivity index (χ4n) is 3.30. The molecule has 0 atom stereocenters. The normalized spacial score (nSPS) is 18.7. The van der Waals surface area contributed by atoms with Gasteiger partial charge < -0.3 is 18.5 Å². The Labute approximate surface area is 171 Å². The SMILES string of the molecule is COC(=O)c1ccc(CN2C(=O)SC(=Cc3ccc(N4CCCCC4)o3)C2=O)o1. The molecule has 2 aromatic rings. The van der Waals surface area contributed by atoms with Gasteiger partial charge in [0.15, 0.2) is 5.88 Å². The topological polar surface area (TPSA) is 93.2 Å². The molecule has 2 aliphatic rings. The third-order valence-corrected chi connectivity index (χ3v) is 5.70. The maximum absolute atomic E-state index is 12.7. The van der Waals surface area contributed by atoms with Crippen LogP contribution in [0.1, 0.15) is 41.3 Å². The number of ether oxygens (including phenoxy) is 1. The second kappa shape index (κ2) is 8.20. The van der Waals surface area contributed by atoms with Gasteiger partial charge in [0.05, 0.1) is 18.6 Å². The van der Waals surface area contributed by atoms with E-state index in [9.17, 15) is 14.4 Å². The molecule has 0 aliphatic carbocycles. The molecule has 2 aliphatic heterocycles. The molecule has 0 saturated carbocycles. The van der Waals surface area contributed by atoms with Crippen molar-refractivity contribution in [2.75, 3.05) is 25.1 Å². The maximum Gasteiger partial charge on any atom is 0.373 e. The molecule has 0 N–H and O–H groups in total. The van der Waals surface area contributed by atoms with Gasteiger partial charge in [-0.05, 0) is 49.2 Å². The number of anilines is 1. The van der Waals surface area contributed by atoms with E-state index in [4.69, 9.17) is 8.83 Å². The second-order valence-corrected chi connectivity index (χ2v) is 7.74. The van der Waals surface area contributed by atoms with Crippen LogP contribution in [-0.2, 0) is 16.1 Å². The van der Waals surface area contributed by atoms with Gasteiger partial charge in [0.25, 0.3) is 11.1 Å². The summed E-state index contributed by atoms with van der Waals surface area (Å²) in [4.78, 5) is 40.0. The summed E-state index contributed by atoms with van der Waals surface area (Å²) < 4.78 is 15.8. The van der Waals surface area contributed by atoms with Crippen LogP contribution in [0.3, 0.4) is 0 Å². The smallest absolute Gasteiger partial charge is 0.373 e. The fraction of sp³-hybridized carbons (Fsp3) is 0.350. The number of carbonyl (C=O) groups is 3. The van der Waals surface area contributed by atoms with Crippen molar-refractivity contribution in [3.05, 3.63) is 46.5 Å². The largest absolute Gasteiger partial charge is 0.463 e. The van der Waals surface area contributed by atoms with Crippen LogP contribution in [0, 0.1) is 0 Å². The first-order valence-corrected chi connectivity index (χ1v) is 10.1. The number of piperidine rings is 1. The molecule has 152 valence electrons. The van der Waals surface area contributed by atoms with Crippen LogP contribution in [-0.4, -0.2) is 42.2 Å². The summed E-state index contributed by atoms with van der Waals surface area (Å²) in [6.45, 7) is 1.86. The molecule has 4 heterocycles. The van der Waals surface area contributed by atoms with Crippen molar-refractivity contribution in [1.82, 2.24) is 4.90 Å². The lowest BCUT2D eigenvalue weighted by atomic mass is 10.1. The number of methoxy groups -OCH3 is 1. The molecule has 0 spiro atoms. The zero-order valence-corrected chi connectivity index (χ0v) is 16.7. The number of esters is 1. The molecule has 2 saturated heterocycles. The lowest BCUT2D eigenvalue weighted by Crippen LogP contribution is -2.28. The number of nitrogens with zero attached hydrogens (tertiary/aromatic N) is 2. The number of furan rings is 2. The highest BCUT2D eigenvalue weighted by Gasteiger charge is 2.36. The predicted octanol–water partition coefficient (Wildman–Crippen LogP) is 3.89. The summed E-state index contributed by atoms with van der Waals surface area (Å²) in [7, 11) is 1.25. The summed E-state index contributed by atoms with van der Waals surface area (Å²) in [6.07, 6.45) is 5.09. The van der Waals surface area contributed by atoms with Crippen molar-refractivity contribution >= 4 is 40.8 Å². The first-order valence-electron chi connectivity index (χ1n) is 9.32. The highest BCUT2D eigenvalue weighted by atomic mass is 32.2. The van der Waals surface area contributed by atoms with Gasteiger partial charge in [-0.2, -0.15) is 0 Å². The molecular weight excluding hydrogens is 396 g/mol. The van der Waals surface area contributed by atoms with Crippen molar-refractivity contribution in [2.45, 2.75) is 25.8 Å². The Morgan fingerprint density at radius 1 is 1.14 bits per heavy atom. The van der Waals surface area contributed by atoms with Gasteiger partial charge in [-0.15, -0.1) is 0 Å². The number of thioether (sulfide) groups is 1. The Morgan fingerprint density at radius 3 is 2.69 bits per heavy atom. The van der Waals surface area contributed by atoms with Gasteiger partial charge in [-0.25, -0.2) is 4.79 Å². The molecule has 9 heteroatoms. The molecule has 2 amide bonds. The van der Waals surface area contributed by atoms with Crippen molar-refractivity contribution in [2.24, 2.45) is 0 Å². The number of hydrogen-bond acceptors (Lipinski definition) is 8. The highest BCUT2D eigenvalue weighted by molar-refractivity contribution is 8.18. The van der Waals surface area contributed by atoms with Gasteiger partial charge in [-0.3, -0.25) is 14.5 Å². The van der Waals surface area contributed by atoms with Crippen LogP contribution in [0.4, 0.5) is 10.7 Å². The van der Waals surface area contributed by atoms with Crippen molar-refractivity contribution in [1.29, 1.82) is 0 Å². The summed E-state index contributed by atoms with van der Waals surface area (Å²) >= 11 is 0.850. The van der Waals surface area contributed by atoms with Crippen LogP contribution >= 0.6 is 11.8 Å². The van der Waals surface area contributed by atoms with Crippen molar-refractivity contribution in [3.63, 3.8) is 0 Å². The van der Waals surface area contributed by atoms with Crippen molar-refractivity contribution < 1.29 is 28.0 Å². The minimum Gasteiger partial charge on any atom is -0.463 e. The number of imide groups is 1. The van der Waals surface area contributed by atoms with Crippen LogP contribution in [0.2, 0.25) is 0 Å². The van der Waals surface area contributed by atoms with E-state index < -0.39 is 17.1 Å². The fourth-order valence-corrected chi connectivity index (χ4v) is 4.12. The molecule has 4 rings (SSSR count). The Bertz CT molecular complexity index is 969. The lowest BCUT2D eigenvalue weighted by molar-refractivity contribution is -0.123. The minimum absolute atomic E-state index is 0.0193. The molecule has 0 aromatic carbocycles. The van der Waals surface area contributed by atoms with Gasteiger partial charge >= 0.3 is 5.97 Å². The molecule has 2 aromatic heterocycles. The monoisotopic (exact) mass is 416 g/mol. The highest BCUT2D eigenvalue weighted by Crippen LogP contribution is 2.34. The Hall–Kier alpha value is -2.94. The van der Waals surface area contributed by atoms with Crippen LogP contribution < -0.4 is 4.90 Å². The third kappa shape index (κ3) is 4.09. The van der Waals surface area contributed by atoms with Gasteiger partial charge in [-0.1, -0.05) is 0 Å². The summed E-state index contributed by atoms with van der Waals surface area (Å²) in [6, 6.07) is 6.67. The number of amides is 2.